The number of benzene rings is 2. The van der Waals surface area contributed by atoms with Gasteiger partial charge in [0.15, 0.2) is 11.5 Å². The molecule has 3 rings (SSSR count). The monoisotopic (exact) mass is 450 g/mol. The van der Waals surface area contributed by atoms with Gasteiger partial charge in [-0.05, 0) is 25.1 Å². The maximum absolute atomic E-state index is 12.5. The maximum Gasteiger partial charge on any atom is 0.387 e. The van der Waals surface area contributed by atoms with Crippen molar-refractivity contribution in [3.63, 3.8) is 0 Å². The number of nitro groups is 1. The zero-order valence-electron chi connectivity index (χ0n) is 16.7. The molecule has 1 unspecified atom stereocenters. The highest BCUT2D eigenvalue weighted by Gasteiger charge is 2.41. The summed E-state index contributed by atoms with van der Waals surface area (Å²) in [7, 11) is 1.14. The van der Waals surface area contributed by atoms with Gasteiger partial charge in [-0.15, -0.1) is 0 Å². The third-order valence-corrected chi connectivity index (χ3v) is 4.70. The minimum absolute atomic E-state index is 0.146. The Kier molecular flexibility index (Phi) is 6.32. The molecule has 0 aliphatic carbocycles. The molecule has 2 aromatic rings. The van der Waals surface area contributed by atoms with Gasteiger partial charge < -0.3 is 14.2 Å². The van der Waals surface area contributed by atoms with Gasteiger partial charge in [-0.25, -0.2) is 4.79 Å². The molecular formula is C20H16F2N2O8. The third kappa shape index (κ3) is 4.19. The van der Waals surface area contributed by atoms with E-state index in [1.165, 1.54) is 19.1 Å². The van der Waals surface area contributed by atoms with E-state index in [0.717, 1.165) is 24.1 Å². The van der Waals surface area contributed by atoms with Crippen molar-refractivity contribution in [3.8, 4) is 11.5 Å². The lowest BCUT2D eigenvalue weighted by Gasteiger charge is -2.21. The number of nitrogens with zero attached hydrogens (tertiary/aromatic N) is 2. The first-order chi connectivity index (χ1) is 15.1. The molecule has 32 heavy (non-hydrogen) atoms. The van der Waals surface area contributed by atoms with Crippen molar-refractivity contribution >= 4 is 23.5 Å². The molecule has 0 saturated carbocycles. The van der Waals surface area contributed by atoms with Crippen LogP contribution in [0.25, 0.3) is 0 Å². The molecule has 1 aliphatic heterocycles. The fraction of sp³-hybridized carbons (Fsp3) is 0.250. The van der Waals surface area contributed by atoms with Crippen LogP contribution < -0.4 is 9.47 Å². The van der Waals surface area contributed by atoms with E-state index in [1.54, 1.807) is 12.1 Å². The third-order valence-electron chi connectivity index (χ3n) is 4.70. The number of methoxy groups -OCH3 is 1. The van der Waals surface area contributed by atoms with E-state index < -0.39 is 53.4 Å². The minimum Gasteiger partial charge on any atom is -0.493 e. The zero-order chi connectivity index (χ0) is 23.6. The zero-order valence-corrected chi connectivity index (χ0v) is 16.7. The number of hydrogen-bond acceptors (Lipinski definition) is 8. The van der Waals surface area contributed by atoms with Gasteiger partial charge in [0.05, 0.1) is 34.8 Å². The fourth-order valence-corrected chi connectivity index (χ4v) is 3.16. The average Bonchev–Trinajstić information content (AvgIpc) is 3.01. The number of halogens is 2. The summed E-state index contributed by atoms with van der Waals surface area (Å²) in [6, 6.07) is 6.48. The van der Waals surface area contributed by atoms with E-state index in [2.05, 4.69) is 4.74 Å². The highest BCUT2D eigenvalue weighted by Crippen LogP contribution is 2.36. The number of carbonyl (C=O) groups is 3. The number of esters is 1. The van der Waals surface area contributed by atoms with Crippen LogP contribution in [0.1, 0.15) is 33.2 Å². The molecule has 10 nitrogen and oxygen atoms in total. The summed E-state index contributed by atoms with van der Waals surface area (Å²) in [4.78, 5) is 48.7. The molecular weight excluding hydrogens is 434 g/mol. The van der Waals surface area contributed by atoms with Crippen LogP contribution >= 0.6 is 0 Å². The summed E-state index contributed by atoms with van der Waals surface area (Å²) in [6.45, 7) is -2.61. The molecule has 0 saturated heterocycles. The van der Waals surface area contributed by atoms with E-state index in [1.807, 2.05) is 0 Å². The van der Waals surface area contributed by atoms with Gasteiger partial charge in [0.2, 0.25) is 0 Å². The first kappa shape index (κ1) is 22.6. The molecule has 0 fully saturated rings. The van der Waals surface area contributed by atoms with E-state index in [4.69, 9.17) is 9.47 Å². The lowest BCUT2D eigenvalue weighted by Crippen LogP contribution is -2.43. The molecule has 12 heteroatoms. The first-order valence-electron chi connectivity index (χ1n) is 9.09. The van der Waals surface area contributed by atoms with Crippen LogP contribution in [0.15, 0.2) is 36.4 Å². The molecule has 2 amide bonds. The van der Waals surface area contributed by atoms with Crippen molar-refractivity contribution in [1.29, 1.82) is 0 Å². The van der Waals surface area contributed by atoms with E-state index in [-0.39, 0.29) is 22.4 Å². The molecule has 0 N–H and O–H groups in total. The quantitative estimate of drug-likeness (QED) is 0.260. The highest BCUT2D eigenvalue weighted by molar-refractivity contribution is 6.22. The van der Waals surface area contributed by atoms with E-state index in [0.29, 0.717) is 0 Å². The number of rotatable bonds is 8. The Morgan fingerprint density at radius 2 is 1.72 bits per heavy atom. The van der Waals surface area contributed by atoms with Crippen molar-refractivity contribution in [3.05, 3.63) is 63.2 Å². The predicted octanol–water partition coefficient (Wildman–Crippen LogP) is 2.93. The number of imide groups is 1. The van der Waals surface area contributed by atoms with Gasteiger partial charge >= 0.3 is 12.6 Å². The smallest absolute Gasteiger partial charge is 0.387 e. The summed E-state index contributed by atoms with van der Waals surface area (Å²) in [5.74, 6) is -3.15. The number of nitro benzene ring substituents is 1. The van der Waals surface area contributed by atoms with Crippen molar-refractivity contribution in [1.82, 2.24) is 4.90 Å². The number of hydrogen-bond donors (Lipinski definition) is 0. The second-order valence-corrected chi connectivity index (χ2v) is 6.58. The lowest BCUT2D eigenvalue weighted by atomic mass is 10.1. The van der Waals surface area contributed by atoms with Crippen LogP contribution in [0.5, 0.6) is 11.5 Å². The Labute approximate surface area is 179 Å². The summed E-state index contributed by atoms with van der Waals surface area (Å²) in [6.07, 6.45) is 0. The van der Waals surface area contributed by atoms with Gasteiger partial charge in [0.25, 0.3) is 17.5 Å². The minimum atomic E-state index is -3.24. The van der Waals surface area contributed by atoms with Crippen LogP contribution in [-0.4, -0.2) is 47.4 Å². The summed E-state index contributed by atoms with van der Waals surface area (Å²) < 4.78 is 39.3. The van der Waals surface area contributed by atoms with Crippen LogP contribution in [0.4, 0.5) is 14.5 Å². The standard InChI is InChI=1S/C20H16F2N2O8/c1-10(23-17(25)12-5-3-4-6-13(12)18(23)26)19(27)31-9-11-7-15(30-2)16(32-20(21)22)8-14(11)24(28)29/h3-8,10,20H,9H2,1-2H3. The first-order valence-corrected chi connectivity index (χ1v) is 9.09. The second-order valence-electron chi connectivity index (χ2n) is 6.58. The number of fused-ring (bicyclic) bond motifs is 1. The molecule has 1 atom stereocenters. The molecule has 1 heterocycles. The second kappa shape index (κ2) is 8.96. The normalized spacial score (nSPS) is 13.7. The number of amides is 2. The summed E-state index contributed by atoms with van der Waals surface area (Å²) in [5, 5.41) is 11.3. The molecule has 0 radical (unpaired) electrons. The predicted molar refractivity (Wildman–Crippen MR) is 102 cm³/mol. The van der Waals surface area contributed by atoms with Crippen molar-refractivity contribution in [2.24, 2.45) is 0 Å². The van der Waals surface area contributed by atoms with E-state index >= 15 is 0 Å². The lowest BCUT2D eigenvalue weighted by molar-refractivity contribution is -0.386. The Morgan fingerprint density at radius 3 is 2.22 bits per heavy atom. The average molecular weight is 450 g/mol. The molecule has 168 valence electrons. The number of ether oxygens (including phenoxy) is 3. The topological polar surface area (TPSA) is 125 Å². The largest absolute Gasteiger partial charge is 0.493 e. The Hall–Kier alpha value is -4.09. The fourth-order valence-electron chi connectivity index (χ4n) is 3.16. The number of alkyl halides is 2. The van der Waals surface area contributed by atoms with Crippen LogP contribution in [-0.2, 0) is 16.1 Å². The van der Waals surface area contributed by atoms with Crippen molar-refractivity contribution in [2.45, 2.75) is 26.2 Å². The van der Waals surface area contributed by atoms with Gasteiger partial charge in [-0.2, -0.15) is 8.78 Å². The molecule has 0 aromatic heterocycles. The van der Waals surface area contributed by atoms with Crippen molar-refractivity contribution < 1.29 is 42.3 Å². The molecule has 2 aromatic carbocycles. The van der Waals surface area contributed by atoms with Crippen LogP contribution in [0, 0.1) is 10.1 Å². The van der Waals surface area contributed by atoms with Crippen LogP contribution in [0.3, 0.4) is 0 Å². The van der Waals surface area contributed by atoms with E-state index in [9.17, 15) is 33.3 Å². The van der Waals surface area contributed by atoms with Gasteiger partial charge in [0, 0.05) is 0 Å². The summed E-state index contributed by atoms with van der Waals surface area (Å²) in [5.41, 5.74) is -0.529. The van der Waals surface area contributed by atoms with Gasteiger partial charge in [0.1, 0.15) is 12.6 Å². The number of carbonyl (C=O) groups excluding carboxylic acids is 3. The molecule has 1 aliphatic rings. The Balaban J connectivity index is 1.79. The van der Waals surface area contributed by atoms with Crippen molar-refractivity contribution in [2.75, 3.05) is 7.11 Å². The molecule has 0 bridgehead atoms. The summed E-state index contributed by atoms with van der Waals surface area (Å²) >= 11 is 0. The van der Waals surface area contributed by atoms with Crippen LogP contribution in [0.2, 0.25) is 0 Å². The maximum atomic E-state index is 12.5. The molecule has 0 spiro atoms. The Bertz CT molecular complexity index is 1070. The highest BCUT2D eigenvalue weighted by atomic mass is 19.3. The van der Waals surface area contributed by atoms with Gasteiger partial charge in [-0.1, -0.05) is 12.1 Å². The van der Waals surface area contributed by atoms with Gasteiger partial charge in [-0.3, -0.25) is 24.6 Å². The SMILES string of the molecule is COc1cc(COC(=O)C(C)N2C(=O)c3ccccc3C2=O)c([N+](=O)[O-])cc1OC(F)F. The Morgan fingerprint density at radius 1 is 1.12 bits per heavy atom.